The summed E-state index contributed by atoms with van der Waals surface area (Å²) < 4.78 is 0. The molecule has 1 aromatic rings. The highest BCUT2D eigenvalue weighted by Crippen LogP contribution is 2.17. The minimum Gasteiger partial charge on any atom is -0.398 e. The standard InChI is InChI=1S/C12H17N3/c13-11-7-3-2-6-10(11)12(14)15-8-4-1-5-9-15/h2-3,6-7,14H,1,4-5,8-9,13H2. The van der Waals surface area contributed by atoms with Crippen molar-refractivity contribution >= 4 is 11.5 Å². The second kappa shape index (κ2) is 4.34. The van der Waals surface area contributed by atoms with E-state index in [1.165, 1.54) is 19.3 Å². The number of nitrogens with one attached hydrogen (secondary N) is 1. The summed E-state index contributed by atoms with van der Waals surface area (Å²) in [4.78, 5) is 2.12. The van der Waals surface area contributed by atoms with Gasteiger partial charge in [-0.15, -0.1) is 0 Å². The van der Waals surface area contributed by atoms with Crippen molar-refractivity contribution in [1.29, 1.82) is 5.41 Å². The monoisotopic (exact) mass is 203 g/mol. The van der Waals surface area contributed by atoms with Crippen LogP contribution in [0, 0.1) is 5.41 Å². The van der Waals surface area contributed by atoms with Crippen LogP contribution in [-0.2, 0) is 0 Å². The Hall–Kier alpha value is -1.51. The molecule has 1 saturated heterocycles. The molecule has 1 fully saturated rings. The third-order valence-electron chi connectivity index (χ3n) is 2.89. The summed E-state index contributed by atoms with van der Waals surface area (Å²) >= 11 is 0. The van der Waals surface area contributed by atoms with Gasteiger partial charge in [0.2, 0.25) is 0 Å². The molecular weight excluding hydrogens is 186 g/mol. The molecule has 3 heteroatoms. The predicted molar refractivity (Wildman–Crippen MR) is 63.1 cm³/mol. The van der Waals surface area contributed by atoms with Crippen molar-refractivity contribution in [2.75, 3.05) is 18.8 Å². The van der Waals surface area contributed by atoms with E-state index in [1.54, 1.807) is 0 Å². The van der Waals surface area contributed by atoms with E-state index in [4.69, 9.17) is 11.1 Å². The molecule has 0 bridgehead atoms. The van der Waals surface area contributed by atoms with E-state index in [0.717, 1.165) is 18.7 Å². The first-order chi connectivity index (χ1) is 7.29. The van der Waals surface area contributed by atoms with Crippen molar-refractivity contribution in [3.8, 4) is 0 Å². The zero-order valence-corrected chi connectivity index (χ0v) is 8.87. The Morgan fingerprint density at radius 3 is 2.47 bits per heavy atom. The lowest BCUT2D eigenvalue weighted by Gasteiger charge is -2.29. The summed E-state index contributed by atoms with van der Waals surface area (Å²) in [5, 5.41) is 8.11. The molecule has 1 aromatic carbocycles. The summed E-state index contributed by atoms with van der Waals surface area (Å²) in [7, 11) is 0. The number of para-hydroxylation sites is 1. The van der Waals surface area contributed by atoms with Gasteiger partial charge in [0.05, 0.1) is 0 Å². The van der Waals surface area contributed by atoms with Gasteiger partial charge in [0, 0.05) is 24.3 Å². The van der Waals surface area contributed by atoms with Gasteiger partial charge in [-0.25, -0.2) is 0 Å². The number of benzene rings is 1. The van der Waals surface area contributed by atoms with Gasteiger partial charge in [-0.2, -0.15) is 0 Å². The first kappa shape index (κ1) is 10.0. The Bertz CT molecular complexity index is 354. The van der Waals surface area contributed by atoms with Crippen molar-refractivity contribution < 1.29 is 0 Å². The number of piperidine rings is 1. The fourth-order valence-electron chi connectivity index (χ4n) is 2.00. The number of nitrogens with two attached hydrogens (primary N) is 1. The Kier molecular flexibility index (Phi) is 2.90. The van der Waals surface area contributed by atoms with Crippen LogP contribution in [0.4, 0.5) is 5.69 Å². The van der Waals surface area contributed by atoms with E-state index in [2.05, 4.69) is 4.90 Å². The van der Waals surface area contributed by atoms with Gasteiger partial charge < -0.3 is 10.6 Å². The van der Waals surface area contributed by atoms with Crippen LogP contribution in [0.3, 0.4) is 0 Å². The topological polar surface area (TPSA) is 53.1 Å². The Labute approximate surface area is 90.4 Å². The van der Waals surface area contributed by atoms with Crippen LogP contribution >= 0.6 is 0 Å². The fourth-order valence-corrected chi connectivity index (χ4v) is 2.00. The zero-order valence-electron chi connectivity index (χ0n) is 8.87. The van der Waals surface area contributed by atoms with Crippen molar-refractivity contribution in [2.24, 2.45) is 0 Å². The van der Waals surface area contributed by atoms with Crippen LogP contribution in [0.2, 0.25) is 0 Å². The second-order valence-corrected chi connectivity index (χ2v) is 3.98. The molecule has 0 spiro atoms. The molecule has 15 heavy (non-hydrogen) atoms. The SMILES string of the molecule is N=C(c1ccccc1N)N1CCCCC1. The molecule has 1 heterocycles. The molecule has 0 saturated carbocycles. The van der Waals surface area contributed by atoms with Gasteiger partial charge in [-0.3, -0.25) is 5.41 Å². The number of rotatable bonds is 1. The van der Waals surface area contributed by atoms with E-state index in [1.807, 2.05) is 24.3 Å². The van der Waals surface area contributed by atoms with Gasteiger partial charge in [0.25, 0.3) is 0 Å². The van der Waals surface area contributed by atoms with Crippen molar-refractivity contribution in [2.45, 2.75) is 19.3 Å². The fraction of sp³-hybridized carbons (Fsp3) is 0.417. The third kappa shape index (κ3) is 2.12. The molecule has 2 rings (SSSR count). The van der Waals surface area contributed by atoms with Gasteiger partial charge in [-0.05, 0) is 31.4 Å². The van der Waals surface area contributed by atoms with Crippen LogP contribution in [-0.4, -0.2) is 23.8 Å². The number of nitrogen functional groups attached to an aromatic ring is 1. The van der Waals surface area contributed by atoms with Crippen LogP contribution in [0.15, 0.2) is 24.3 Å². The number of amidine groups is 1. The summed E-state index contributed by atoms with van der Waals surface area (Å²) in [6, 6.07) is 7.62. The number of hydrogen-bond acceptors (Lipinski definition) is 2. The number of anilines is 1. The summed E-state index contributed by atoms with van der Waals surface area (Å²) in [6.07, 6.45) is 3.66. The number of likely N-dealkylation sites (tertiary alicyclic amines) is 1. The Morgan fingerprint density at radius 2 is 1.80 bits per heavy atom. The van der Waals surface area contributed by atoms with E-state index in [9.17, 15) is 0 Å². The lowest BCUT2D eigenvalue weighted by molar-refractivity contribution is 0.341. The summed E-state index contributed by atoms with van der Waals surface area (Å²) in [5.74, 6) is 0.577. The first-order valence-electron chi connectivity index (χ1n) is 5.47. The average molecular weight is 203 g/mol. The normalized spacial score (nSPS) is 16.4. The molecule has 80 valence electrons. The van der Waals surface area contributed by atoms with E-state index < -0.39 is 0 Å². The second-order valence-electron chi connectivity index (χ2n) is 3.98. The van der Waals surface area contributed by atoms with Crippen molar-refractivity contribution in [1.82, 2.24) is 4.90 Å². The molecule has 1 aliphatic heterocycles. The molecule has 0 aromatic heterocycles. The van der Waals surface area contributed by atoms with Gasteiger partial charge >= 0.3 is 0 Å². The van der Waals surface area contributed by atoms with Gasteiger partial charge in [0.1, 0.15) is 5.84 Å². The molecule has 0 unspecified atom stereocenters. The van der Waals surface area contributed by atoms with E-state index in [-0.39, 0.29) is 0 Å². The highest BCUT2D eigenvalue weighted by atomic mass is 15.2. The predicted octanol–water partition coefficient (Wildman–Crippen LogP) is 2.08. The van der Waals surface area contributed by atoms with Crippen LogP contribution in [0.25, 0.3) is 0 Å². The largest absolute Gasteiger partial charge is 0.398 e. The maximum atomic E-state index is 8.11. The van der Waals surface area contributed by atoms with Crippen molar-refractivity contribution in [3.05, 3.63) is 29.8 Å². The molecule has 0 radical (unpaired) electrons. The van der Waals surface area contributed by atoms with Crippen molar-refractivity contribution in [3.63, 3.8) is 0 Å². The molecule has 3 N–H and O–H groups in total. The highest BCUT2D eigenvalue weighted by molar-refractivity contribution is 6.00. The minimum atomic E-state index is 0.577. The minimum absolute atomic E-state index is 0.577. The van der Waals surface area contributed by atoms with Crippen LogP contribution < -0.4 is 5.73 Å². The molecule has 3 nitrogen and oxygen atoms in total. The highest BCUT2D eigenvalue weighted by Gasteiger charge is 2.15. The number of hydrogen-bond donors (Lipinski definition) is 2. The lowest BCUT2D eigenvalue weighted by Crippen LogP contribution is -2.35. The molecule has 1 aliphatic rings. The van der Waals surface area contributed by atoms with E-state index >= 15 is 0 Å². The Balaban J connectivity index is 2.16. The molecule has 0 aliphatic carbocycles. The van der Waals surface area contributed by atoms with Crippen LogP contribution in [0.1, 0.15) is 24.8 Å². The summed E-state index contributed by atoms with van der Waals surface area (Å²) in [6.45, 7) is 1.99. The van der Waals surface area contributed by atoms with E-state index in [0.29, 0.717) is 11.5 Å². The molecule has 0 atom stereocenters. The van der Waals surface area contributed by atoms with Gasteiger partial charge in [-0.1, -0.05) is 12.1 Å². The molecule has 0 amide bonds. The quantitative estimate of drug-likeness (QED) is 0.417. The average Bonchev–Trinajstić information content (AvgIpc) is 2.30. The van der Waals surface area contributed by atoms with Gasteiger partial charge in [0.15, 0.2) is 0 Å². The lowest BCUT2D eigenvalue weighted by atomic mass is 10.1. The maximum absolute atomic E-state index is 8.11. The zero-order chi connectivity index (χ0) is 10.7. The maximum Gasteiger partial charge on any atom is 0.130 e. The third-order valence-corrected chi connectivity index (χ3v) is 2.89. The smallest absolute Gasteiger partial charge is 0.130 e. The number of nitrogens with zero attached hydrogens (tertiary/aromatic N) is 1. The Morgan fingerprint density at radius 1 is 1.13 bits per heavy atom. The first-order valence-corrected chi connectivity index (χ1v) is 5.47. The van der Waals surface area contributed by atoms with Crippen LogP contribution in [0.5, 0.6) is 0 Å². The molecular formula is C12H17N3. The summed E-state index contributed by atoms with van der Waals surface area (Å²) in [5.41, 5.74) is 7.42.